The van der Waals surface area contributed by atoms with Crippen LogP contribution in [0.2, 0.25) is 0 Å². The minimum atomic E-state index is 0.140. The molecule has 0 radical (unpaired) electrons. The van der Waals surface area contributed by atoms with Gasteiger partial charge in [0, 0.05) is 5.92 Å². The van der Waals surface area contributed by atoms with Crippen LogP contribution in [0.25, 0.3) is 0 Å². The van der Waals surface area contributed by atoms with Crippen LogP contribution >= 0.6 is 0 Å². The maximum Gasteiger partial charge on any atom is 0.127 e. The summed E-state index contributed by atoms with van der Waals surface area (Å²) in [5, 5.41) is 0. The van der Waals surface area contributed by atoms with Gasteiger partial charge < -0.3 is 4.79 Å². The fraction of sp³-hybridized carbons (Fsp3) is 0.615. The molecular formula is C13H20O. The smallest absolute Gasteiger partial charge is 0.127 e. The quantitative estimate of drug-likeness (QED) is 0.463. The molecule has 0 amide bonds. The first kappa shape index (κ1) is 11.2. The zero-order valence-electron chi connectivity index (χ0n) is 9.04. The summed E-state index contributed by atoms with van der Waals surface area (Å²) in [6, 6.07) is 0. The molecule has 0 saturated carbocycles. The minimum absolute atomic E-state index is 0.140. The first-order chi connectivity index (χ1) is 6.86. The van der Waals surface area contributed by atoms with Gasteiger partial charge in [0.15, 0.2) is 0 Å². The van der Waals surface area contributed by atoms with Gasteiger partial charge in [-0.25, -0.2) is 0 Å². The first-order valence-electron chi connectivity index (χ1n) is 5.68. The molecule has 0 spiro atoms. The highest BCUT2D eigenvalue weighted by Crippen LogP contribution is 2.21. The average molecular weight is 192 g/mol. The summed E-state index contributed by atoms with van der Waals surface area (Å²) >= 11 is 0. The van der Waals surface area contributed by atoms with Gasteiger partial charge in [0.05, 0.1) is 0 Å². The van der Waals surface area contributed by atoms with Crippen LogP contribution in [0.3, 0.4) is 0 Å². The highest BCUT2D eigenvalue weighted by molar-refractivity contribution is 5.58. The topological polar surface area (TPSA) is 17.1 Å². The Morgan fingerprint density at radius 3 is 3.00 bits per heavy atom. The molecule has 0 aromatic heterocycles. The van der Waals surface area contributed by atoms with Crippen LogP contribution in [0, 0.1) is 5.92 Å². The van der Waals surface area contributed by atoms with E-state index in [4.69, 9.17) is 0 Å². The van der Waals surface area contributed by atoms with E-state index in [1.165, 1.54) is 37.7 Å². The Kier molecular flexibility index (Phi) is 5.28. The number of allylic oxidation sites excluding steroid dienone is 4. The fourth-order valence-electron chi connectivity index (χ4n) is 1.83. The van der Waals surface area contributed by atoms with Gasteiger partial charge in [-0.05, 0) is 19.3 Å². The third kappa shape index (κ3) is 3.91. The maximum atomic E-state index is 10.6. The molecule has 1 nitrogen and oxygen atoms in total. The maximum absolute atomic E-state index is 10.6. The van der Waals surface area contributed by atoms with Gasteiger partial charge in [-0.15, -0.1) is 0 Å². The van der Waals surface area contributed by atoms with E-state index >= 15 is 0 Å². The summed E-state index contributed by atoms with van der Waals surface area (Å²) < 4.78 is 0. The van der Waals surface area contributed by atoms with E-state index in [0.29, 0.717) is 0 Å². The number of unbranched alkanes of at least 4 members (excludes halogenated alkanes) is 3. The number of carbonyl (C=O) groups excluding carboxylic acids is 1. The molecule has 1 aliphatic carbocycles. The van der Waals surface area contributed by atoms with Crippen molar-refractivity contribution in [2.24, 2.45) is 5.92 Å². The van der Waals surface area contributed by atoms with Crippen molar-refractivity contribution in [3.63, 3.8) is 0 Å². The number of aldehydes is 1. The lowest BCUT2D eigenvalue weighted by Gasteiger charge is -2.13. The Hall–Kier alpha value is -0.850. The summed E-state index contributed by atoms with van der Waals surface area (Å²) in [4.78, 5) is 10.6. The zero-order valence-corrected chi connectivity index (χ0v) is 9.04. The third-order valence-corrected chi connectivity index (χ3v) is 2.71. The van der Waals surface area contributed by atoms with Crippen molar-refractivity contribution in [3.8, 4) is 0 Å². The number of rotatable bonds is 6. The normalized spacial score (nSPS) is 20.6. The van der Waals surface area contributed by atoms with Crippen molar-refractivity contribution in [1.29, 1.82) is 0 Å². The third-order valence-electron chi connectivity index (χ3n) is 2.71. The van der Waals surface area contributed by atoms with Crippen LogP contribution in [0.5, 0.6) is 0 Å². The van der Waals surface area contributed by atoms with Crippen LogP contribution in [0.4, 0.5) is 0 Å². The van der Waals surface area contributed by atoms with Crippen molar-refractivity contribution in [2.75, 3.05) is 0 Å². The number of carbonyl (C=O) groups is 1. The van der Waals surface area contributed by atoms with E-state index in [9.17, 15) is 4.79 Å². The molecule has 0 aromatic carbocycles. The van der Waals surface area contributed by atoms with Crippen molar-refractivity contribution in [3.05, 3.63) is 23.8 Å². The van der Waals surface area contributed by atoms with E-state index < -0.39 is 0 Å². The van der Waals surface area contributed by atoms with Crippen molar-refractivity contribution in [2.45, 2.75) is 45.4 Å². The monoisotopic (exact) mass is 192 g/mol. The second-order valence-corrected chi connectivity index (χ2v) is 4.02. The molecule has 1 rings (SSSR count). The molecule has 1 atom stereocenters. The molecule has 0 bridgehead atoms. The summed E-state index contributed by atoms with van der Waals surface area (Å²) in [7, 11) is 0. The largest absolute Gasteiger partial charge is 0.303 e. The molecule has 78 valence electrons. The van der Waals surface area contributed by atoms with Gasteiger partial charge in [0.25, 0.3) is 0 Å². The highest BCUT2D eigenvalue weighted by atomic mass is 16.1. The predicted molar refractivity (Wildman–Crippen MR) is 60.2 cm³/mol. The second-order valence-electron chi connectivity index (χ2n) is 4.02. The van der Waals surface area contributed by atoms with Crippen LogP contribution in [0.15, 0.2) is 23.8 Å². The van der Waals surface area contributed by atoms with Gasteiger partial charge in [-0.2, -0.15) is 0 Å². The molecule has 1 heteroatoms. The van der Waals surface area contributed by atoms with E-state index in [-0.39, 0.29) is 5.92 Å². The number of hydrogen-bond acceptors (Lipinski definition) is 1. The van der Waals surface area contributed by atoms with Gasteiger partial charge in [-0.1, -0.05) is 50.0 Å². The molecule has 0 heterocycles. The summed E-state index contributed by atoms with van der Waals surface area (Å²) in [6.07, 6.45) is 14.6. The van der Waals surface area contributed by atoms with E-state index in [1.807, 2.05) is 12.2 Å². The lowest BCUT2D eigenvalue weighted by atomic mass is 9.92. The molecule has 1 aliphatic rings. The number of hydrogen-bond donors (Lipinski definition) is 0. The lowest BCUT2D eigenvalue weighted by Crippen LogP contribution is -2.03. The lowest BCUT2D eigenvalue weighted by molar-refractivity contribution is -0.109. The molecule has 0 aliphatic heterocycles. The summed E-state index contributed by atoms with van der Waals surface area (Å²) in [5.41, 5.74) is 1.45. The fourth-order valence-corrected chi connectivity index (χ4v) is 1.83. The molecule has 0 N–H and O–H groups in total. The standard InChI is InChI=1S/C13H20O/c1-2-3-4-5-7-12-8-6-9-13(10-12)11-14/h6,8-9,11,13H,2-5,7,10H2,1H3. The van der Waals surface area contributed by atoms with Crippen molar-refractivity contribution in [1.82, 2.24) is 0 Å². The van der Waals surface area contributed by atoms with E-state index in [0.717, 1.165) is 12.7 Å². The average Bonchev–Trinajstić information content (AvgIpc) is 2.25. The van der Waals surface area contributed by atoms with Gasteiger partial charge in [0.2, 0.25) is 0 Å². The molecule has 14 heavy (non-hydrogen) atoms. The van der Waals surface area contributed by atoms with Crippen LogP contribution in [-0.4, -0.2) is 6.29 Å². The van der Waals surface area contributed by atoms with E-state index in [1.54, 1.807) is 0 Å². The van der Waals surface area contributed by atoms with Crippen molar-refractivity contribution < 1.29 is 4.79 Å². The van der Waals surface area contributed by atoms with Crippen LogP contribution in [-0.2, 0) is 4.79 Å². The van der Waals surface area contributed by atoms with E-state index in [2.05, 4.69) is 13.0 Å². The summed E-state index contributed by atoms with van der Waals surface area (Å²) in [5.74, 6) is 0.140. The van der Waals surface area contributed by atoms with Gasteiger partial charge in [0.1, 0.15) is 6.29 Å². The van der Waals surface area contributed by atoms with Gasteiger partial charge in [-0.3, -0.25) is 0 Å². The highest BCUT2D eigenvalue weighted by Gasteiger charge is 2.09. The molecule has 0 saturated heterocycles. The Morgan fingerprint density at radius 1 is 1.43 bits per heavy atom. The molecule has 0 aromatic rings. The van der Waals surface area contributed by atoms with Gasteiger partial charge >= 0.3 is 0 Å². The Bertz CT molecular complexity index is 225. The Morgan fingerprint density at radius 2 is 2.29 bits per heavy atom. The SMILES string of the molecule is CCCCCCC1=CC=CC(C=O)C1. The Balaban J connectivity index is 2.21. The second kappa shape index (κ2) is 6.58. The van der Waals surface area contributed by atoms with Crippen LogP contribution in [0.1, 0.15) is 45.4 Å². The minimum Gasteiger partial charge on any atom is -0.303 e. The molecule has 0 fully saturated rings. The first-order valence-corrected chi connectivity index (χ1v) is 5.68. The van der Waals surface area contributed by atoms with Crippen LogP contribution < -0.4 is 0 Å². The predicted octanol–water partition coefficient (Wildman–Crippen LogP) is 3.66. The summed E-state index contributed by atoms with van der Waals surface area (Å²) in [6.45, 7) is 2.23. The molecular weight excluding hydrogens is 172 g/mol. The zero-order chi connectivity index (χ0) is 10.2. The molecule has 1 unspecified atom stereocenters. The van der Waals surface area contributed by atoms with Crippen molar-refractivity contribution >= 4 is 6.29 Å². The Labute approximate surface area is 86.9 Å².